The van der Waals surface area contributed by atoms with Gasteiger partial charge in [0.05, 0.1) is 12.3 Å². The summed E-state index contributed by atoms with van der Waals surface area (Å²) in [7, 11) is 0. The second kappa shape index (κ2) is 5.53. The second-order valence-electron chi connectivity index (χ2n) is 2.73. The van der Waals surface area contributed by atoms with Crippen molar-refractivity contribution < 1.29 is 14.3 Å². The van der Waals surface area contributed by atoms with Crippen LogP contribution < -0.4 is 10.6 Å². The lowest BCUT2D eigenvalue weighted by Gasteiger charge is -2.07. The highest BCUT2D eigenvalue weighted by molar-refractivity contribution is 6.30. The fourth-order valence-electron chi connectivity index (χ4n) is 0.927. The molecule has 15 heavy (non-hydrogen) atoms. The first-order valence-corrected chi connectivity index (χ1v) is 4.62. The van der Waals surface area contributed by atoms with E-state index in [-0.39, 0.29) is 23.9 Å². The minimum atomic E-state index is -0.610. The molecule has 0 atom stereocenters. The number of benzene rings is 1. The zero-order chi connectivity index (χ0) is 11.3. The minimum absolute atomic E-state index is 0.0369. The van der Waals surface area contributed by atoms with Gasteiger partial charge in [0.25, 0.3) is 0 Å². The van der Waals surface area contributed by atoms with Crippen LogP contribution in [-0.2, 0) is 0 Å². The van der Waals surface area contributed by atoms with E-state index < -0.39 is 11.8 Å². The summed E-state index contributed by atoms with van der Waals surface area (Å²) in [5.41, 5.74) is 0.0369. The first-order valence-electron chi connectivity index (χ1n) is 4.24. The average Bonchev–Trinajstić information content (AvgIpc) is 2.19. The third-order valence-corrected chi connectivity index (χ3v) is 1.81. The molecule has 0 saturated heterocycles. The summed E-state index contributed by atoms with van der Waals surface area (Å²) >= 11 is 5.54. The highest BCUT2D eigenvalue weighted by atomic mass is 35.5. The Morgan fingerprint density at radius 3 is 2.87 bits per heavy atom. The maximum atomic E-state index is 13.2. The van der Waals surface area contributed by atoms with E-state index in [1.807, 2.05) is 0 Å². The van der Waals surface area contributed by atoms with Gasteiger partial charge in [0.2, 0.25) is 0 Å². The summed E-state index contributed by atoms with van der Waals surface area (Å²) < 4.78 is 13.2. The van der Waals surface area contributed by atoms with Crippen molar-refractivity contribution in [2.24, 2.45) is 0 Å². The maximum Gasteiger partial charge on any atom is 0.319 e. The molecule has 3 N–H and O–H groups in total. The molecular formula is C9H10ClFN2O2. The number of carbonyl (C=O) groups is 1. The average molecular weight is 233 g/mol. The Kier molecular flexibility index (Phi) is 4.33. The van der Waals surface area contributed by atoms with Gasteiger partial charge in [-0.3, -0.25) is 0 Å². The quantitative estimate of drug-likeness (QED) is 0.741. The predicted octanol–water partition coefficient (Wildman–Crippen LogP) is 1.59. The van der Waals surface area contributed by atoms with Gasteiger partial charge in [0.15, 0.2) is 0 Å². The van der Waals surface area contributed by atoms with Crippen LogP contribution in [0.25, 0.3) is 0 Å². The molecule has 1 aromatic rings. The number of carbonyl (C=O) groups excluding carboxylic acids is 1. The SMILES string of the molecule is O=C(NCCO)Nc1ccc(Cl)cc1F. The Hall–Kier alpha value is -1.33. The van der Waals surface area contributed by atoms with Crippen molar-refractivity contribution in [1.82, 2.24) is 5.32 Å². The van der Waals surface area contributed by atoms with Crippen LogP contribution in [0.2, 0.25) is 5.02 Å². The maximum absolute atomic E-state index is 13.2. The Bertz CT molecular complexity index is 360. The van der Waals surface area contributed by atoms with Crippen molar-refractivity contribution >= 4 is 23.3 Å². The fourth-order valence-corrected chi connectivity index (χ4v) is 1.09. The molecule has 1 aromatic carbocycles. The summed E-state index contributed by atoms with van der Waals surface area (Å²) in [5.74, 6) is -0.610. The lowest BCUT2D eigenvalue weighted by molar-refractivity contribution is 0.244. The summed E-state index contributed by atoms with van der Waals surface area (Å²) in [6.07, 6.45) is 0. The lowest BCUT2D eigenvalue weighted by Crippen LogP contribution is -2.31. The number of hydrogen-bond donors (Lipinski definition) is 3. The molecule has 1 rings (SSSR count). The van der Waals surface area contributed by atoms with Gasteiger partial charge in [-0.2, -0.15) is 0 Å². The van der Waals surface area contributed by atoms with Crippen LogP contribution >= 0.6 is 11.6 Å². The van der Waals surface area contributed by atoms with Crippen LogP contribution in [0.1, 0.15) is 0 Å². The van der Waals surface area contributed by atoms with Crippen molar-refractivity contribution in [1.29, 1.82) is 0 Å². The van der Waals surface area contributed by atoms with Gasteiger partial charge in [-0.1, -0.05) is 11.6 Å². The molecule has 6 heteroatoms. The summed E-state index contributed by atoms with van der Waals surface area (Å²) in [6.45, 7) is -0.0580. The van der Waals surface area contributed by atoms with Gasteiger partial charge < -0.3 is 15.7 Å². The summed E-state index contributed by atoms with van der Waals surface area (Å²) in [4.78, 5) is 11.1. The molecule has 0 bridgehead atoms. The van der Waals surface area contributed by atoms with Crippen LogP contribution in [0.3, 0.4) is 0 Å². The van der Waals surface area contributed by atoms with Crippen LogP contribution in [0.15, 0.2) is 18.2 Å². The second-order valence-corrected chi connectivity index (χ2v) is 3.17. The molecule has 0 unspecified atom stereocenters. The van der Waals surface area contributed by atoms with Gasteiger partial charge in [-0.15, -0.1) is 0 Å². The number of halogens is 2. The van der Waals surface area contributed by atoms with E-state index in [9.17, 15) is 9.18 Å². The number of rotatable bonds is 3. The van der Waals surface area contributed by atoms with E-state index >= 15 is 0 Å². The van der Waals surface area contributed by atoms with Crippen LogP contribution in [0.4, 0.5) is 14.9 Å². The number of nitrogens with one attached hydrogen (secondary N) is 2. The van der Waals surface area contributed by atoms with E-state index in [1.165, 1.54) is 12.1 Å². The first kappa shape index (κ1) is 11.7. The number of aliphatic hydroxyl groups is 1. The van der Waals surface area contributed by atoms with Gasteiger partial charge in [0, 0.05) is 11.6 Å². The van der Waals surface area contributed by atoms with Crippen molar-refractivity contribution in [3.63, 3.8) is 0 Å². The molecule has 0 aliphatic carbocycles. The summed E-state index contributed by atoms with van der Waals surface area (Å²) in [5, 5.41) is 13.3. The van der Waals surface area contributed by atoms with E-state index in [4.69, 9.17) is 16.7 Å². The number of hydrogen-bond acceptors (Lipinski definition) is 2. The minimum Gasteiger partial charge on any atom is -0.395 e. The molecule has 0 fully saturated rings. The highest BCUT2D eigenvalue weighted by Gasteiger charge is 2.06. The molecule has 0 aromatic heterocycles. The number of urea groups is 1. The van der Waals surface area contributed by atoms with E-state index in [2.05, 4.69) is 10.6 Å². The van der Waals surface area contributed by atoms with Crippen molar-refractivity contribution in [2.75, 3.05) is 18.5 Å². The van der Waals surface area contributed by atoms with Gasteiger partial charge in [-0.25, -0.2) is 9.18 Å². The van der Waals surface area contributed by atoms with Crippen LogP contribution in [0.5, 0.6) is 0 Å². The fraction of sp³-hybridized carbons (Fsp3) is 0.222. The Morgan fingerprint density at radius 2 is 2.27 bits per heavy atom. The third-order valence-electron chi connectivity index (χ3n) is 1.58. The predicted molar refractivity (Wildman–Crippen MR) is 55.5 cm³/mol. The standard InChI is InChI=1S/C9H10ClFN2O2/c10-6-1-2-8(7(11)5-6)13-9(15)12-3-4-14/h1-2,5,14H,3-4H2,(H2,12,13,15). The molecule has 0 radical (unpaired) electrons. The molecule has 0 saturated carbocycles. The smallest absolute Gasteiger partial charge is 0.319 e. The van der Waals surface area contributed by atoms with Gasteiger partial charge in [-0.05, 0) is 18.2 Å². The van der Waals surface area contributed by atoms with E-state index in [0.717, 1.165) is 6.07 Å². The van der Waals surface area contributed by atoms with Crippen LogP contribution in [-0.4, -0.2) is 24.3 Å². The molecule has 82 valence electrons. The number of aliphatic hydroxyl groups excluding tert-OH is 1. The van der Waals surface area contributed by atoms with Gasteiger partial charge in [0.1, 0.15) is 5.82 Å². The normalized spacial score (nSPS) is 9.80. The molecule has 2 amide bonds. The number of anilines is 1. The molecular weight excluding hydrogens is 223 g/mol. The van der Waals surface area contributed by atoms with E-state index in [0.29, 0.717) is 0 Å². The largest absolute Gasteiger partial charge is 0.395 e. The first-order chi connectivity index (χ1) is 7.13. The molecule has 0 spiro atoms. The van der Waals surface area contributed by atoms with Crippen LogP contribution in [0, 0.1) is 5.82 Å². The van der Waals surface area contributed by atoms with Crippen molar-refractivity contribution in [3.8, 4) is 0 Å². The van der Waals surface area contributed by atoms with E-state index in [1.54, 1.807) is 0 Å². The molecule has 0 aliphatic rings. The third kappa shape index (κ3) is 3.73. The zero-order valence-corrected chi connectivity index (χ0v) is 8.51. The molecule has 0 aliphatic heterocycles. The lowest BCUT2D eigenvalue weighted by atomic mass is 10.3. The highest BCUT2D eigenvalue weighted by Crippen LogP contribution is 2.18. The van der Waals surface area contributed by atoms with Gasteiger partial charge >= 0.3 is 6.03 Å². The Balaban J connectivity index is 2.60. The monoisotopic (exact) mass is 232 g/mol. The van der Waals surface area contributed by atoms with Crippen molar-refractivity contribution in [2.45, 2.75) is 0 Å². The molecule has 0 heterocycles. The Labute approximate surface area is 91.1 Å². The van der Waals surface area contributed by atoms with Crippen molar-refractivity contribution in [3.05, 3.63) is 29.0 Å². The molecule has 4 nitrogen and oxygen atoms in total. The summed E-state index contributed by atoms with van der Waals surface area (Å²) in [6, 6.07) is 3.34. The number of amides is 2. The topological polar surface area (TPSA) is 61.4 Å². The zero-order valence-electron chi connectivity index (χ0n) is 7.76. The Morgan fingerprint density at radius 1 is 1.53 bits per heavy atom.